The third kappa shape index (κ3) is 3.09. The van der Waals surface area contributed by atoms with E-state index in [-0.39, 0.29) is 0 Å². The number of aromatic nitrogens is 1. The van der Waals surface area contributed by atoms with Crippen LogP contribution in [0, 0.1) is 0 Å². The number of aldehydes is 1. The van der Waals surface area contributed by atoms with Crippen molar-refractivity contribution in [3.63, 3.8) is 0 Å². The van der Waals surface area contributed by atoms with Crippen molar-refractivity contribution in [2.75, 3.05) is 0 Å². The van der Waals surface area contributed by atoms with Gasteiger partial charge in [0.05, 0.1) is 4.75 Å². The first kappa shape index (κ1) is 14.3. The van der Waals surface area contributed by atoms with Crippen molar-refractivity contribution in [2.24, 2.45) is 0 Å². The van der Waals surface area contributed by atoms with E-state index in [0.29, 0.717) is 26.4 Å². The van der Waals surface area contributed by atoms with E-state index in [1.54, 1.807) is 19.9 Å². The van der Waals surface area contributed by atoms with Gasteiger partial charge < -0.3 is 4.79 Å². The molecule has 2 rings (SSSR count). The summed E-state index contributed by atoms with van der Waals surface area (Å²) < 4.78 is 37.4. The predicted octanol–water partition coefficient (Wildman–Crippen LogP) is 4.38. The number of hydrogen-bond acceptors (Lipinski definition) is 4. The molecule has 2 aromatic rings. The third-order valence-electron chi connectivity index (χ3n) is 2.33. The van der Waals surface area contributed by atoms with E-state index in [1.165, 1.54) is 18.0 Å². The van der Waals surface area contributed by atoms with E-state index in [1.807, 2.05) is 0 Å². The molecular weight excluding hydrogens is 295 g/mol. The lowest BCUT2D eigenvalue weighted by molar-refractivity contribution is -0.134. The summed E-state index contributed by atoms with van der Waals surface area (Å²) in [6, 6.07) is 2.72. The highest BCUT2D eigenvalue weighted by molar-refractivity contribution is 8.01. The molecule has 0 saturated heterocycles. The Morgan fingerprint density at radius 2 is 2.05 bits per heavy atom. The number of pyridine rings is 1. The van der Waals surface area contributed by atoms with Crippen LogP contribution in [-0.4, -0.2) is 16.0 Å². The van der Waals surface area contributed by atoms with Gasteiger partial charge >= 0.3 is 6.18 Å². The quantitative estimate of drug-likeness (QED) is 0.622. The first-order valence-corrected chi connectivity index (χ1v) is 6.97. The summed E-state index contributed by atoms with van der Waals surface area (Å²) in [5.41, 5.74) is 0. The van der Waals surface area contributed by atoms with Crippen LogP contribution < -0.4 is 0 Å². The zero-order valence-electron chi connectivity index (χ0n) is 10.1. The van der Waals surface area contributed by atoms with Gasteiger partial charge in [-0.2, -0.15) is 13.2 Å². The average Bonchev–Trinajstić information content (AvgIpc) is 2.73. The zero-order valence-corrected chi connectivity index (χ0v) is 11.7. The summed E-state index contributed by atoms with van der Waals surface area (Å²) in [6.07, 6.45) is -2.13. The molecule has 0 spiro atoms. The molecule has 0 aliphatic carbocycles. The van der Waals surface area contributed by atoms with Gasteiger partial charge in [-0.15, -0.1) is 23.1 Å². The number of halogens is 3. The molecule has 0 bridgehead atoms. The second-order valence-corrected chi connectivity index (χ2v) is 7.19. The monoisotopic (exact) mass is 305 g/mol. The molecule has 0 fully saturated rings. The molecule has 0 saturated carbocycles. The van der Waals surface area contributed by atoms with Crippen molar-refractivity contribution in [3.05, 3.63) is 23.2 Å². The largest absolute Gasteiger partial charge is 0.425 e. The van der Waals surface area contributed by atoms with E-state index in [0.717, 1.165) is 12.4 Å². The van der Waals surface area contributed by atoms with Crippen LogP contribution in [0.3, 0.4) is 0 Å². The van der Waals surface area contributed by atoms with Gasteiger partial charge in [0, 0.05) is 16.5 Å². The molecule has 19 heavy (non-hydrogen) atoms. The smallest absolute Gasteiger partial charge is 0.302 e. The Kier molecular flexibility index (Phi) is 3.61. The van der Waals surface area contributed by atoms with Crippen molar-refractivity contribution >= 4 is 39.6 Å². The van der Waals surface area contributed by atoms with Gasteiger partial charge in [0.2, 0.25) is 0 Å². The summed E-state index contributed by atoms with van der Waals surface area (Å²) in [5, 5.41) is 0.444. The van der Waals surface area contributed by atoms with Crippen LogP contribution in [0.15, 0.2) is 23.2 Å². The number of rotatable bonds is 3. The van der Waals surface area contributed by atoms with Crippen LogP contribution in [0.5, 0.6) is 0 Å². The van der Waals surface area contributed by atoms with Crippen LogP contribution >= 0.6 is 23.1 Å². The number of fused-ring (bicyclic) bond motifs is 1. The molecule has 0 radical (unpaired) electrons. The Bertz CT molecular complexity index is 619. The normalized spacial score (nSPS) is 12.9. The molecule has 0 aromatic carbocycles. The standard InChI is InChI=1S/C12H10F3NOS2/c1-11(2,6-17)19-8-3-4-16-10-7(8)5-9(18-10)12(13,14)15/h3-6H,1-2H3. The Morgan fingerprint density at radius 1 is 1.37 bits per heavy atom. The van der Waals surface area contributed by atoms with Crippen LogP contribution in [0.25, 0.3) is 10.2 Å². The van der Waals surface area contributed by atoms with Crippen molar-refractivity contribution in [2.45, 2.75) is 29.7 Å². The minimum absolute atomic E-state index is 0.332. The predicted molar refractivity (Wildman–Crippen MR) is 70.6 cm³/mol. The van der Waals surface area contributed by atoms with Gasteiger partial charge in [-0.05, 0) is 26.0 Å². The van der Waals surface area contributed by atoms with E-state index in [4.69, 9.17) is 0 Å². The molecule has 2 nitrogen and oxygen atoms in total. The highest BCUT2D eigenvalue weighted by atomic mass is 32.2. The second kappa shape index (κ2) is 4.79. The maximum Gasteiger partial charge on any atom is 0.425 e. The molecule has 102 valence electrons. The SMILES string of the molecule is CC(C)(C=O)Sc1ccnc2sc(C(F)(F)F)cc12. The summed E-state index contributed by atoms with van der Waals surface area (Å²) in [6.45, 7) is 3.43. The van der Waals surface area contributed by atoms with Gasteiger partial charge in [-0.25, -0.2) is 4.98 Å². The number of thiophene rings is 1. The van der Waals surface area contributed by atoms with Crippen LogP contribution in [-0.2, 0) is 11.0 Å². The van der Waals surface area contributed by atoms with E-state index in [2.05, 4.69) is 4.98 Å². The molecule has 7 heteroatoms. The van der Waals surface area contributed by atoms with Crippen molar-refractivity contribution < 1.29 is 18.0 Å². The molecular formula is C12H10F3NOS2. The van der Waals surface area contributed by atoms with Crippen molar-refractivity contribution in [1.29, 1.82) is 0 Å². The summed E-state index contributed by atoms with van der Waals surface area (Å²) in [7, 11) is 0. The Balaban J connectivity index is 2.51. The maximum atomic E-state index is 12.7. The number of carbonyl (C=O) groups excluding carboxylic acids is 1. The van der Waals surface area contributed by atoms with E-state index < -0.39 is 15.8 Å². The molecule has 0 N–H and O–H groups in total. The molecule has 0 aliphatic heterocycles. The lowest BCUT2D eigenvalue weighted by Gasteiger charge is -2.16. The number of nitrogens with zero attached hydrogens (tertiary/aromatic N) is 1. The highest BCUT2D eigenvalue weighted by Gasteiger charge is 2.33. The van der Waals surface area contributed by atoms with E-state index >= 15 is 0 Å². The summed E-state index contributed by atoms with van der Waals surface area (Å²) in [4.78, 5) is 15.2. The Labute approximate surface area is 116 Å². The van der Waals surface area contributed by atoms with Crippen molar-refractivity contribution in [3.8, 4) is 0 Å². The molecule has 0 unspecified atom stereocenters. The zero-order chi connectivity index (χ0) is 14.3. The minimum Gasteiger partial charge on any atom is -0.302 e. The first-order valence-electron chi connectivity index (χ1n) is 5.34. The Hall–Kier alpha value is -1.08. The minimum atomic E-state index is -4.37. The summed E-state index contributed by atoms with van der Waals surface area (Å²) in [5.74, 6) is 0. The van der Waals surface area contributed by atoms with Gasteiger partial charge in [0.1, 0.15) is 16.0 Å². The lowest BCUT2D eigenvalue weighted by Crippen LogP contribution is -2.15. The molecule has 0 aliphatic rings. The van der Waals surface area contributed by atoms with Gasteiger partial charge in [-0.3, -0.25) is 0 Å². The number of hydrogen-bond donors (Lipinski definition) is 0. The third-order valence-corrected chi connectivity index (χ3v) is 4.62. The van der Waals surface area contributed by atoms with E-state index in [9.17, 15) is 18.0 Å². The fourth-order valence-corrected chi connectivity index (χ4v) is 3.42. The number of alkyl halides is 3. The van der Waals surface area contributed by atoms with Gasteiger partial charge in [0.25, 0.3) is 0 Å². The number of thioether (sulfide) groups is 1. The molecule has 2 aromatic heterocycles. The Morgan fingerprint density at radius 3 is 2.63 bits per heavy atom. The topological polar surface area (TPSA) is 30.0 Å². The van der Waals surface area contributed by atoms with Gasteiger partial charge in [0.15, 0.2) is 0 Å². The highest BCUT2D eigenvalue weighted by Crippen LogP contribution is 2.42. The first-order chi connectivity index (χ1) is 8.73. The fraction of sp³-hybridized carbons (Fsp3) is 0.333. The molecule has 0 atom stereocenters. The fourth-order valence-electron chi connectivity index (χ4n) is 1.45. The molecule has 0 amide bonds. The summed E-state index contributed by atoms with van der Waals surface area (Å²) >= 11 is 1.84. The average molecular weight is 305 g/mol. The molecule has 2 heterocycles. The number of carbonyl (C=O) groups is 1. The van der Waals surface area contributed by atoms with Crippen molar-refractivity contribution in [1.82, 2.24) is 4.98 Å². The second-order valence-electron chi connectivity index (χ2n) is 4.46. The van der Waals surface area contributed by atoms with Crippen LogP contribution in [0.2, 0.25) is 0 Å². The lowest BCUT2D eigenvalue weighted by atomic mass is 10.2. The van der Waals surface area contributed by atoms with Gasteiger partial charge in [-0.1, -0.05) is 0 Å². The maximum absolute atomic E-state index is 12.7. The van der Waals surface area contributed by atoms with Crippen LogP contribution in [0.1, 0.15) is 18.7 Å². The van der Waals surface area contributed by atoms with Crippen LogP contribution in [0.4, 0.5) is 13.2 Å².